The Bertz CT molecular complexity index is 791. The van der Waals surface area contributed by atoms with Gasteiger partial charge in [-0.25, -0.2) is 4.39 Å². The molecule has 27 heavy (non-hydrogen) atoms. The van der Waals surface area contributed by atoms with Gasteiger partial charge in [0.25, 0.3) is 0 Å². The van der Waals surface area contributed by atoms with Crippen molar-refractivity contribution in [3.05, 3.63) is 65.5 Å². The van der Waals surface area contributed by atoms with Crippen LogP contribution in [0.2, 0.25) is 0 Å². The zero-order chi connectivity index (χ0) is 19.3. The second-order valence-corrected chi connectivity index (χ2v) is 7.92. The summed E-state index contributed by atoms with van der Waals surface area (Å²) >= 11 is 1.43. The third kappa shape index (κ3) is 4.64. The number of rotatable bonds is 7. The first-order chi connectivity index (χ1) is 13.1. The second-order valence-electron chi connectivity index (χ2n) is 6.94. The summed E-state index contributed by atoms with van der Waals surface area (Å²) in [7, 11) is 0. The lowest BCUT2D eigenvalue weighted by Gasteiger charge is -2.41. The number of halogens is 1. The summed E-state index contributed by atoms with van der Waals surface area (Å²) in [6.45, 7) is 4.25. The Morgan fingerprint density at radius 2 is 1.89 bits per heavy atom. The van der Waals surface area contributed by atoms with Crippen LogP contribution in [0.4, 0.5) is 4.39 Å². The lowest BCUT2D eigenvalue weighted by atomic mass is 9.83. The molecular formula is C22H26FNO2S. The number of amides is 1. The maximum Gasteiger partial charge on any atom is 0.230 e. The van der Waals surface area contributed by atoms with Crippen LogP contribution in [0.25, 0.3) is 0 Å². The molecule has 0 aliphatic carbocycles. The fourth-order valence-corrected chi connectivity index (χ4v) is 4.36. The van der Waals surface area contributed by atoms with Crippen LogP contribution in [0.3, 0.4) is 0 Å². The number of fused-ring (bicyclic) bond motifs is 1. The van der Waals surface area contributed by atoms with Gasteiger partial charge in [0.15, 0.2) is 0 Å². The van der Waals surface area contributed by atoms with Gasteiger partial charge in [0.1, 0.15) is 17.2 Å². The van der Waals surface area contributed by atoms with Gasteiger partial charge in [0, 0.05) is 17.7 Å². The Labute approximate surface area is 164 Å². The van der Waals surface area contributed by atoms with Crippen molar-refractivity contribution in [1.82, 2.24) is 5.32 Å². The number of hydrogen-bond donors (Lipinski definition) is 1. The average Bonchev–Trinajstić information content (AvgIpc) is 2.69. The van der Waals surface area contributed by atoms with Crippen LogP contribution in [-0.4, -0.2) is 17.3 Å². The summed E-state index contributed by atoms with van der Waals surface area (Å²) in [5, 5.41) is 3.17. The lowest BCUT2D eigenvalue weighted by molar-refractivity contribution is -0.120. The number of thioether (sulfide) groups is 1. The number of carbonyl (C=O) groups excluding carboxylic acids is 1. The van der Waals surface area contributed by atoms with E-state index in [0.29, 0.717) is 17.1 Å². The molecule has 1 N–H and O–H groups in total. The average molecular weight is 388 g/mol. The number of ether oxygens (including phenoxy) is 1. The molecule has 0 aromatic heterocycles. The highest BCUT2D eigenvalue weighted by atomic mass is 32.2. The molecule has 1 amide bonds. The van der Waals surface area contributed by atoms with Crippen molar-refractivity contribution in [1.29, 1.82) is 0 Å². The third-order valence-electron chi connectivity index (χ3n) is 5.27. The molecule has 0 bridgehead atoms. The molecule has 1 atom stereocenters. The van der Waals surface area contributed by atoms with Crippen molar-refractivity contribution in [3.63, 3.8) is 0 Å². The summed E-state index contributed by atoms with van der Waals surface area (Å²) in [6, 6.07) is 14.6. The minimum Gasteiger partial charge on any atom is -0.487 e. The first-order valence-corrected chi connectivity index (χ1v) is 10.6. The summed E-state index contributed by atoms with van der Waals surface area (Å²) in [6.07, 6.45) is 2.55. The summed E-state index contributed by atoms with van der Waals surface area (Å²) in [5.41, 5.74) is 1.41. The minimum absolute atomic E-state index is 0.0286. The van der Waals surface area contributed by atoms with E-state index in [1.165, 1.54) is 17.8 Å². The van der Waals surface area contributed by atoms with Gasteiger partial charge in [-0.05, 0) is 30.5 Å². The largest absolute Gasteiger partial charge is 0.487 e. The van der Waals surface area contributed by atoms with E-state index >= 15 is 0 Å². The Balaban J connectivity index is 1.63. The smallest absolute Gasteiger partial charge is 0.230 e. The molecule has 1 aliphatic rings. The van der Waals surface area contributed by atoms with Gasteiger partial charge in [-0.3, -0.25) is 4.79 Å². The van der Waals surface area contributed by atoms with Gasteiger partial charge in [-0.1, -0.05) is 50.2 Å². The van der Waals surface area contributed by atoms with E-state index in [-0.39, 0.29) is 23.4 Å². The van der Waals surface area contributed by atoms with E-state index in [1.807, 2.05) is 30.3 Å². The molecule has 0 unspecified atom stereocenters. The van der Waals surface area contributed by atoms with E-state index in [0.717, 1.165) is 30.6 Å². The number of nitrogens with one attached hydrogen (secondary N) is 1. The summed E-state index contributed by atoms with van der Waals surface area (Å²) in [4.78, 5) is 12.5. The molecule has 0 radical (unpaired) electrons. The highest BCUT2D eigenvalue weighted by molar-refractivity contribution is 7.99. The Hall–Kier alpha value is -2.01. The van der Waals surface area contributed by atoms with Crippen molar-refractivity contribution in [3.8, 4) is 5.75 Å². The molecule has 3 rings (SSSR count). The van der Waals surface area contributed by atoms with E-state index in [4.69, 9.17) is 4.74 Å². The van der Waals surface area contributed by atoms with Crippen LogP contribution >= 0.6 is 11.8 Å². The van der Waals surface area contributed by atoms with E-state index in [1.54, 1.807) is 12.1 Å². The first kappa shape index (κ1) is 19.7. The van der Waals surface area contributed by atoms with Gasteiger partial charge in [-0.15, -0.1) is 11.8 Å². The van der Waals surface area contributed by atoms with Gasteiger partial charge in [0.2, 0.25) is 5.91 Å². The monoisotopic (exact) mass is 387 g/mol. The summed E-state index contributed by atoms with van der Waals surface area (Å²) < 4.78 is 20.0. The van der Waals surface area contributed by atoms with Crippen molar-refractivity contribution in [2.75, 3.05) is 5.75 Å². The lowest BCUT2D eigenvalue weighted by Crippen LogP contribution is -2.44. The van der Waals surface area contributed by atoms with E-state index < -0.39 is 0 Å². The number of hydrogen-bond acceptors (Lipinski definition) is 3. The van der Waals surface area contributed by atoms with Gasteiger partial charge < -0.3 is 10.1 Å². The standard InChI is InChI=1S/C22H26FNO2S/c1-3-22(4-2)13-19(17-10-6-8-12-20(17)26-22)24-21(25)15-27-14-16-9-5-7-11-18(16)23/h5-12,19H,3-4,13-15H2,1-2H3,(H,24,25)/t19-/m0/s1. The number of para-hydroxylation sites is 1. The normalized spacial score (nSPS) is 17.7. The number of carbonyl (C=O) groups is 1. The Kier molecular flexibility index (Phi) is 6.42. The van der Waals surface area contributed by atoms with E-state index in [9.17, 15) is 9.18 Å². The highest BCUT2D eigenvalue weighted by Gasteiger charge is 2.38. The van der Waals surface area contributed by atoms with E-state index in [2.05, 4.69) is 19.2 Å². The molecule has 0 saturated heterocycles. The zero-order valence-electron chi connectivity index (χ0n) is 15.8. The van der Waals surface area contributed by atoms with Gasteiger partial charge in [-0.2, -0.15) is 0 Å². The molecule has 0 fully saturated rings. The Morgan fingerprint density at radius 3 is 2.63 bits per heavy atom. The third-order valence-corrected chi connectivity index (χ3v) is 6.25. The fraction of sp³-hybridized carbons (Fsp3) is 0.409. The quantitative estimate of drug-likeness (QED) is 0.704. The van der Waals surface area contributed by atoms with Crippen LogP contribution in [0.15, 0.2) is 48.5 Å². The van der Waals surface area contributed by atoms with Crippen molar-refractivity contribution in [2.24, 2.45) is 0 Å². The van der Waals surface area contributed by atoms with Crippen LogP contribution in [0.5, 0.6) is 5.75 Å². The predicted octanol–water partition coefficient (Wildman–Crippen LogP) is 5.26. The second kappa shape index (κ2) is 8.79. The molecule has 0 saturated carbocycles. The van der Waals surface area contributed by atoms with Crippen molar-refractivity contribution < 1.29 is 13.9 Å². The van der Waals surface area contributed by atoms with Crippen LogP contribution < -0.4 is 10.1 Å². The molecule has 3 nitrogen and oxygen atoms in total. The molecule has 0 spiro atoms. The SMILES string of the molecule is CCC1(CC)C[C@H](NC(=O)CSCc2ccccc2F)c2ccccc2O1. The molecule has 144 valence electrons. The van der Waals surface area contributed by atoms with Crippen molar-refractivity contribution >= 4 is 17.7 Å². The molecule has 2 aromatic rings. The molecular weight excluding hydrogens is 361 g/mol. The van der Waals surface area contributed by atoms with Gasteiger partial charge >= 0.3 is 0 Å². The highest BCUT2D eigenvalue weighted by Crippen LogP contribution is 2.42. The fourth-order valence-electron chi connectivity index (χ4n) is 3.54. The molecule has 5 heteroatoms. The molecule has 1 heterocycles. The van der Waals surface area contributed by atoms with Crippen LogP contribution in [0, 0.1) is 5.82 Å². The topological polar surface area (TPSA) is 38.3 Å². The van der Waals surface area contributed by atoms with Crippen LogP contribution in [0.1, 0.15) is 50.3 Å². The minimum atomic E-state index is -0.243. The maximum absolute atomic E-state index is 13.7. The van der Waals surface area contributed by atoms with Crippen molar-refractivity contribution in [2.45, 2.75) is 50.5 Å². The Morgan fingerprint density at radius 1 is 1.19 bits per heavy atom. The molecule has 2 aromatic carbocycles. The molecule has 1 aliphatic heterocycles. The van der Waals surface area contributed by atoms with Gasteiger partial charge in [0.05, 0.1) is 11.8 Å². The zero-order valence-corrected chi connectivity index (χ0v) is 16.7. The predicted molar refractivity (Wildman–Crippen MR) is 108 cm³/mol. The number of benzene rings is 2. The first-order valence-electron chi connectivity index (χ1n) is 9.45. The summed E-state index contributed by atoms with van der Waals surface area (Å²) in [5.74, 6) is 1.40. The van der Waals surface area contributed by atoms with Crippen LogP contribution in [-0.2, 0) is 10.5 Å². The maximum atomic E-state index is 13.7.